The van der Waals surface area contributed by atoms with Gasteiger partial charge in [-0.1, -0.05) is 59.9 Å². The highest BCUT2D eigenvalue weighted by atomic mass is 32.1. The molecule has 3 aromatic rings. The molecule has 8 heteroatoms. The summed E-state index contributed by atoms with van der Waals surface area (Å²) in [6.07, 6.45) is 0. The lowest BCUT2D eigenvalue weighted by molar-refractivity contribution is -0.132. The standard InChI is InChI=1S/C19H12FN3O3S/c20-13-9-5-4-8-12(13)15-14(16(24)11-6-2-1-3-7-11)17(25)18(26)23(15)19-22-21-10-27-19/h1-10,15,24H/b16-14+. The zero-order valence-electron chi connectivity index (χ0n) is 13.7. The van der Waals surface area contributed by atoms with Gasteiger partial charge in [-0.25, -0.2) is 4.39 Å². The molecule has 1 unspecified atom stereocenters. The Kier molecular flexibility index (Phi) is 4.25. The number of anilines is 1. The third-order valence-corrected chi connectivity index (χ3v) is 4.93. The van der Waals surface area contributed by atoms with Crippen LogP contribution in [0.1, 0.15) is 17.2 Å². The highest BCUT2D eigenvalue weighted by Crippen LogP contribution is 2.43. The van der Waals surface area contributed by atoms with Crippen LogP contribution in [0.2, 0.25) is 0 Å². The predicted octanol–water partition coefficient (Wildman–Crippen LogP) is 3.30. The van der Waals surface area contributed by atoms with Crippen LogP contribution in [0.15, 0.2) is 65.7 Å². The van der Waals surface area contributed by atoms with Gasteiger partial charge < -0.3 is 5.11 Å². The Morgan fingerprint density at radius 3 is 2.44 bits per heavy atom. The number of ketones is 1. The van der Waals surface area contributed by atoms with Gasteiger partial charge >= 0.3 is 5.91 Å². The number of amides is 1. The first-order chi connectivity index (χ1) is 13.1. The molecule has 6 nitrogen and oxygen atoms in total. The average molecular weight is 381 g/mol. The zero-order chi connectivity index (χ0) is 19.0. The molecule has 2 heterocycles. The minimum absolute atomic E-state index is 0.0874. The van der Waals surface area contributed by atoms with Gasteiger partial charge in [-0.2, -0.15) is 0 Å². The molecule has 134 valence electrons. The van der Waals surface area contributed by atoms with E-state index in [1.165, 1.54) is 23.7 Å². The third-order valence-electron chi connectivity index (χ3n) is 4.25. The maximum absolute atomic E-state index is 14.6. The topological polar surface area (TPSA) is 83.4 Å². The van der Waals surface area contributed by atoms with E-state index in [0.717, 1.165) is 16.2 Å². The number of aliphatic hydroxyl groups excluding tert-OH is 1. The lowest BCUT2D eigenvalue weighted by Crippen LogP contribution is -2.29. The van der Waals surface area contributed by atoms with Crippen molar-refractivity contribution in [2.45, 2.75) is 6.04 Å². The van der Waals surface area contributed by atoms with Gasteiger partial charge in [-0.05, 0) is 6.07 Å². The second-order valence-corrected chi connectivity index (χ2v) is 6.59. The van der Waals surface area contributed by atoms with Crippen molar-refractivity contribution in [3.63, 3.8) is 0 Å². The molecule has 1 aliphatic heterocycles. The van der Waals surface area contributed by atoms with E-state index in [2.05, 4.69) is 10.2 Å². The maximum atomic E-state index is 14.6. The molecular formula is C19H12FN3O3S. The van der Waals surface area contributed by atoms with E-state index in [4.69, 9.17) is 0 Å². The zero-order valence-corrected chi connectivity index (χ0v) is 14.6. The minimum Gasteiger partial charge on any atom is -0.507 e. The maximum Gasteiger partial charge on any atom is 0.301 e. The molecule has 0 radical (unpaired) electrons. The number of nitrogens with zero attached hydrogens (tertiary/aromatic N) is 3. The Bertz CT molecular complexity index is 1050. The smallest absolute Gasteiger partial charge is 0.301 e. The lowest BCUT2D eigenvalue weighted by Gasteiger charge is -2.22. The average Bonchev–Trinajstić information content (AvgIpc) is 3.30. The van der Waals surface area contributed by atoms with E-state index in [1.54, 1.807) is 36.4 Å². The summed E-state index contributed by atoms with van der Waals surface area (Å²) in [7, 11) is 0. The molecule has 0 spiro atoms. The van der Waals surface area contributed by atoms with Gasteiger partial charge in [0, 0.05) is 11.1 Å². The number of aliphatic hydroxyl groups is 1. The van der Waals surface area contributed by atoms with Gasteiger partial charge in [0.15, 0.2) is 0 Å². The van der Waals surface area contributed by atoms with Crippen LogP contribution < -0.4 is 4.90 Å². The normalized spacial score (nSPS) is 18.9. The number of hydrogen-bond acceptors (Lipinski definition) is 6. The lowest BCUT2D eigenvalue weighted by atomic mass is 9.95. The Labute approximate surface area is 157 Å². The molecule has 1 aromatic heterocycles. The summed E-state index contributed by atoms with van der Waals surface area (Å²) in [5.74, 6) is -2.76. The summed E-state index contributed by atoms with van der Waals surface area (Å²) < 4.78 is 14.6. The largest absolute Gasteiger partial charge is 0.507 e. The number of halogens is 1. The summed E-state index contributed by atoms with van der Waals surface area (Å²) in [6.45, 7) is 0. The number of benzene rings is 2. The van der Waals surface area contributed by atoms with Crippen molar-refractivity contribution in [3.8, 4) is 0 Å². The molecular weight excluding hydrogens is 369 g/mol. The molecule has 0 bridgehead atoms. The molecule has 1 N–H and O–H groups in total. The van der Waals surface area contributed by atoms with E-state index in [-0.39, 0.29) is 22.0 Å². The third kappa shape index (κ3) is 2.80. The van der Waals surface area contributed by atoms with E-state index in [0.29, 0.717) is 5.56 Å². The second-order valence-electron chi connectivity index (χ2n) is 5.78. The van der Waals surface area contributed by atoms with Crippen LogP contribution in [-0.2, 0) is 9.59 Å². The summed E-state index contributed by atoms with van der Waals surface area (Å²) >= 11 is 1.04. The molecule has 1 amide bonds. The fraction of sp³-hybridized carbons (Fsp3) is 0.0526. The molecule has 27 heavy (non-hydrogen) atoms. The predicted molar refractivity (Wildman–Crippen MR) is 97.5 cm³/mol. The molecule has 1 aliphatic rings. The van der Waals surface area contributed by atoms with Crippen molar-refractivity contribution in [2.24, 2.45) is 0 Å². The fourth-order valence-electron chi connectivity index (χ4n) is 3.04. The number of carbonyl (C=O) groups excluding carboxylic acids is 2. The molecule has 1 saturated heterocycles. The molecule has 1 fully saturated rings. The van der Waals surface area contributed by atoms with Crippen molar-refractivity contribution >= 4 is 33.9 Å². The van der Waals surface area contributed by atoms with Crippen molar-refractivity contribution in [3.05, 3.63) is 82.6 Å². The number of rotatable bonds is 3. The van der Waals surface area contributed by atoms with Crippen LogP contribution in [0.3, 0.4) is 0 Å². The minimum atomic E-state index is -1.14. The van der Waals surface area contributed by atoms with Gasteiger partial charge in [0.05, 0.1) is 5.57 Å². The van der Waals surface area contributed by atoms with Crippen LogP contribution in [0.5, 0.6) is 0 Å². The first-order valence-corrected chi connectivity index (χ1v) is 8.84. The number of aromatic nitrogens is 2. The van der Waals surface area contributed by atoms with Crippen LogP contribution >= 0.6 is 11.3 Å². The SMILES string of the molecule is O=C1C(=O)N(c2nncs2)C(c2ccccc2F)/C1=C(\O)c1ccccc1. The summed E-state index contributed by atoms with van der Waals surface area (Å²) in [6, 6.07) is 13.0. The number of hydrogen-bond donors (Lipinski definition) is 1. The van der Waals surface area contributed by atoms with Crippen molar-refractivity contribution in [1.82, 2.24) is 10.2 Å². The molecule has 0 aliphatic carbocycles. The number of Topliss-reactive ketones (excluding diaryl/α,β-unsaturated/α-hetero) is 1. The summed E-state index contributed by atoms with van der Waals surface area (Å²) in [4.78, 5) is 26.5. The highest BCUT2D eigenvalue weighted by Gasteiger charge is 2.48. The van der Waals surface area contributed by atoms with Crippen LogP contribution in [0.4, 0.5) is 9.52 Å². The fourth-order valence-corrected chi connectivity index (χ4v) is 3.63. The monoisotopic (exact) mass is 381 g/mol. The summed E-state index contributed by atoms with van der Waals surface area (Å²) in [5, 5.41) is 18.5. The molecule has 2 aromatic carbocycles. The van der Waals surface area contributed by atoms with E-state index < -0.39 is 23.5 Å². The molecule has 4 rings (SSSR count). The van der Waals surface area contributed by atoms with E-state index in [9.17, 15) is 19.1 Å². The van der Waals surface area contributed by atoms with Gasteiger partial charge in [0.25, 0.3) is 5.78 Å². The Balaban J connectivity index is 1.98. The first kappa shape index (κ1) is 17.0. The molecule has 1 atom stereocenters. The second kappa shape index (κ2) is 6.73. The van der Waals surface area contributed by atoms with Gasteiger partial charge in [0.2, 0.25) is 5.13 Å². The Hall–Kier alpha value is -3.39. The highest BCUT2D eigenvalue weighted by molar-refractivity contribution is 7.13. The van der Waals surface area contributed by atoms with Crippen molar-refractivity contribution in [1.29, 1.82) is 0 Å². The quantitative estimate of drug-likeness (QED) is 0.428. The summed E-state index contributed by atoms with van der Waals surface area (Å²) in [5.41, 5.74) is 1.66. The van der Waals surface area contributed by atoms with Gasteiger partial charge in [-0.3, -0.25) is 14.5 Å². The van der Waals surface area contributed by atoms with Crippen LogP contribution in [0, 0.1) is 5.82 Å². The van der Waals surface area contributed by atoms with Crippen molar-refractivity contribution in [2.75, 3.05) is 4.90 Å². The number of carbonyl (C=O) groups is 2. The molecule has 0 saturated carbocycles. The van der Waals surface area contributed by atoms with Crippen LogP contribution in [0.25, 0.3) is 5.76 Å². The van der Waals surface area contributed by atoms with E-state index >= 15 is 0 Å². The Morgan fingerprint density at radius 2 is 1.78 bits per heavy atom. The Morgan fingerprint density at radius 1 is 1.07 bits per heavy atom. The van der Waals surface area contributed by atoms with E-state index in [1.807, 2.05) is 0 Å². The first-order valence-electron chi connectivity index (χ1n) is 7.96. The van der Waals surface area contributed by atoms with Gasteiger partial charge in [-0.15, -0.1) is 10.2 Å². The van der Waals surface area contributed by atoms with Gasteiger partial charge in [0.1, 0.15) is 23.1 Å². The van der Waals surface area contributed by atoms with Crippen molar-refractivity contribution < 1.29 is 19.1 Å². The van der Waals surface area contributed by atoms with Crippen LogP contribution in [-0.4, -0.2) is 27.0 Å².